The van der Waals surface area contributed by atoms with Crippen LogP contribution in [-0.4, -0.2) is 64.1 Å². The Balaban J connectivity index is 0.000000412. The Morgan fingerprint density at radius 3 is 2.10 bits per heavy atom. The van der Waals surface area contributed by atoms with Crippen LogP contribution >= 0.6 is 23.4 Å². The molecule has 3 aromatic rings. The third kappa shape index (κ3) is 11.2. The first-order chi connectivity index (χ1) is 22.8. The van der Waals surface area contributed by atoms with Gasteiger partial charge in [0.25, 0.3) is 16.7 Å². The zero-order chi connectivity index (χ0) is 37.3. The Kier molecular flexibility index (Phi) is 15.1. The van der Waals surface area contributed by atoms with E-state index in [9.17, 15) is 45.2 Å². The van der Waals surface area contributed by atoms with Crippen LogP contribution in [0.1, 0.15) is 62.2 Å². The van der Waals surface area contributed by atoms with Gasteiger partial charge in [-0.15, -0.1) is 0 Å². The monoisotopic (exact) mass is 751 g/mol. The number of carbonyl (C=O) groups excluding carboxylic acids is 2. The molecule has 0 aliphatic carbocycles. The number of alkyl halides is 3. The molecule has 0 saturated carbocycles. The van der Waals surface area contributed by atoms with Gasteiger partial charge in [0, 0.05) is 45.0 Å². The van der Waals surface area contributed by atoms with Gasteiger partial charge >= 0.3 is 22.1 Å². The third-order valence-corrected chi connectivity index (χ3v) is 9.83. The van der Waals surface area contributed by atoms with Crippen molar-refractivity contribution in [3.63, 3.8) is 0 Å². The maximum absolute atomic E-state index is 14.5. The summed E-state index contributed by atoms with van der Waals surface area (Å²) in [5.41, 5.74) is -4.98. The van der Waals surface area contributed by atoms with Crippen LogP contribution in [0.4, 0.5) is 22.4 Å². The summed E-state index contributed by atoms with van der Waals surface area (Å²) in [6.07, 6.45) is -2.98. The van der Waals surface area contributed by atoms with Gasteiger partial charge in [0.15, 0.2) is 0 Å². The van der Waals surface area contributed by atoms with Crippen molar-refractivity contribution in [3.8, 4) is 5.69 Å². The van der Waals surface area contributed by atoms with Crippen LogP contribution in [0, 0.1) is 5.82 Å². The smallest absolute Gasteiger partial charge is 0.334 e. The largest absolute Gasteiger partial charge is 0.431 e. The zero-order valence-corrected chi connectivity index (χ0v) is 30.1. The topological polar surface area (TPSA) is 131 Å². The molecule has 49 heavy (non-hydrogen) atoms. The van der Waals surface area contributed by atoms with E-state index in [0.29, 0.717) is 12.1 Å². The third-order valence-electron chi connectivity index (χ3n) is 6.91. The minimum Gasteiger partial charge on any atom is -0.334 e. The van der Waals surface area contributed by atoms with Crippen LogP contribution in [0.2, 0.25) is 5.02 Å². The number of benzene rings is 2. The molecule has 3 rings (SSSR count). The molecule has 1 aromatic heterocycles. The first-order valence-corrected chi connectivity index (χ1v) is 17.7. The summed E-state index contributed by atoms with van der Waals surface area (Å²) in [4.78, 5) is 51.0. The van der Waals surface area contributed by atoms with Crippen molar-refractivity contribution in [2.24, 2.45) is 7.05 Å². The van der Waals surface area contributed by atoms with Crippen LogP contribution in [0.5, 0.6) is 0 Å². The van der Waals surface area contributed by atoms with Crippen LogP contribution in [0.25, 0.3) is 5.69 Å². The van der Waals surface area contributed by atoms with E-state index in [2.05, 4.69) is 26.0 Å². The highest BCUT2D eigenvalue weighted by Gasteiger charge is 2.35. The van der Waals surface area contributed by atoms with Crippen LogP contribution < -0.4 is 16.0 Å². The SMILES string of the molecule is CC(C)N(C)S(=O)(=O)NC(=O)c1cc(-n2c(=O)cc(C(F)(F)F)n(C)c2=O)c(F)cc1Cl.CCCN(CCC)C(=O)SCc1ccccc1. The molecule has 1 N–H and O–H groups in total. The predicted octanol–water partition coefficient (Wildman–Crippen LogP) is 5.82. The maximum Gasteiger partial charge on any atom is 0.431 e. The predicted molar refractivity (Wildman–Crippen MR) is 182 cm³/mol. The number of hydrogen-bond donors (Lipinski definition) is 1. The standard InChI is InChI=1S/C17H17ClF4N4O5S.C14H21NOS/c1-8(2)25(4)32(30,31)23-15(28)9-5-12(11(19)6-10(9)18)26-14(27)7-13(17(20,21)22)24(3)16(26)29;1-3-10-15(11-4-2)14(16)17-12-13-8-6-5-7-9-13/h5-8H,1-4H3,(H,23,28);5-9H,3-4,10-12H2,1-2H3. The van der Waals surface area contributed by atoms with E-state index in [4.69, 9.17) is 11.6 Å². The molecule has 0 bridgehead atoms. The fraction of sp³-hybridized carbons (Fsp3) is 0.419. The summed E-state index contributed by atoms with van der Waals surface area (Å²) in [5.74, 6) is -1.86. The lowest BCUT2D eigenvalue weighted by Crippen LogP contribution is -2.44. The molecule has 0 aliphatic rings. The van der Waals surface area contributed by atoms with Crippen molar-refractivity contribution in [2.75, 3.05) is 20.1 Å². The van der Waals surface area contributed by atoms with Gasteiger partial charge in [-0.3, -0.25) is 19.0 Å². The Morgan fingerprint density at radius 1 is 1.02 bits per heavy atom. The number of nitrogens with zero attached hydrogens (tertiary/aromatic N) is 4. The van der Waals surface area contributed by atoms with Gasteiger partial charge < -0.3 is 4.90 Å². The molecule has 18 heteroatoms. The van der Waals surface area contributed by atoms with E-state index in [0.717, 1.165) is 43.0 Å². The van der Waals surface area contributed by atoms with Crippen LogP contribution in [0.3, 0.4) is 0 Å². The van der Waals surface area contributed by atoms with Crippen molar-refractivity contribution in [1.82, 2.24) is 23.1 Å². The lowest BCUT2D eigenvalue weighted by atomic mass is 10.1. The van der Waals surface area contributed by atoms with Gasteiger partial charge in [0.05, 0.1) is 16.3 Å². The Morgan fingerprint density at radius 2 is 1.59 bits per heavy atom. The number of carbonyl (C=O) groups is 2. The summed E-state index contributed by atoms with van der Waals surface area (Å²) >= 11 is 7.23. The van der Waals surface area contributed by atoms with E-state index >= 15 is 0 Å². The molecular weight excluding hydrogens is 714 g/mol. The lowest BCUT2D eigenvalue weighted by molar-refractivity contribution is -0.144. The molecule has 2 aromatic carbocycles. The highest BCUT2D eigenvalue weighted by Crippen LogP contribution is 2.28. The number of amides is 2. The average molecular weight is 752 g/mol. The zero-order valence-electron chi connectivity index (χ0n) is 27.7. The quantitative estimate of drug-likeness (QED) is 0.244. The molecule has 11 nitrogen and oxygen atoms in total. The Bertz CT molecular complexity index is 1850. The molecule has 0 aliphatic heterocycles. The van der Waals surface area contributed by atoms with E-state index < -0.39 is 67.4 Å². The highest BCUT2D eigenvalue weighted by atomic mass is 35.5. The van der Waals surface area contributed by atoms with Gasteiger partial charge in [-0.2, -0.15) is 25.9 Å². The van der Waals surface area contributed by atoms with Gasteiger partial charge in [-0.05, 0) is 44.4 Å². The second kappa shape index (κ2) is 17.8. The molecule has 0 unspecified atom stereocenters. The number of rotatable bonds is 11. The Hall–Kier alpha value is -3.67. The molecule has 270 valence electrons. The second-order valence-electron chi connectivity index (χ2n) is 10.9. The van der Waals surface area contributed by atoms with Gasteiger partial charge in [-0.25, -0.2) is 18.5 Å². The average Bonchev–Trinajstić information content (AvgIpc) is 3.02. The molecule has 0 atom stereocenters. The molecule has 2 amide bonds. The number of hydrogen-bond acceptors (Lipinski definition) is 7. The Labute approximate surface area is 291 Å². The normalized spacial score (nSPS) is 11.7. The van der Waals surface area contributed by atoms with Gasteiger partial charge in [0.2, 0.25) is 0 Å². The van der Waals surface area contributed by atoms with E-state index in [1.54, 1.807) is 4.72 Å². The minimum atomic E-state index is -5.04. The minimum absolute atomic E-state index is 0.0619. The van der Waals surface area contributed by atoms with Crippen molar-refractivity contribution in [1.29, 1.82) is 0 Å². The van der Waals surface area contributed by atoms with Crippen LogP contribution in [0.15, 0.2) is 58.1 Å². The molecule has 0 spiro atoms. The lowest BCUT2D eigenvalue weighted by Gasteiger charge is -2.21. The molecule has 0 fully saturated rings. The molecule has 1 heterocycles. The molecule has 0 radical (unpaired) electrons. The fourth-order valence-corrected chi connectivity index (χ4v) is 6.30. The van der Waals surface area contributed by atoms with Crippen molar-refractivity contribution in [2.45, 2.75) is 58.5 Å². The van der Waals surface area contributed by atoms with E-state index in [1.165, 1.54) is 38.2 Å². The highest BCUT2D eigenvalue weighted by molar-refractivity contribution is 8.12. The summed E-state index contributed by atoms with van der Waals surface area (Å²) in [7, 11) is -2.43. The summed E-state index contributed by atoms with van der Waals surface area (Å²) in [6, 6.07) is 10.8. The van der Waals surface area contributed by atoms with Crippen molar-refractivity contribution in [3.05, 3.63) is 97.0 Å². The summed E-state index contributed by atoms with van der Waals surface area (Å²) < 4.78 is 80.7. The number of thioether (sulfide) groups is 1. The number of nitrogens with one attached hydrogen (secondary N) is 1. The first-order valence-electron chi connectivity index (χ1n) is 14.9. The van der Waals surface area contributed by atoms with Gasteiger partial charge in [0.1, 0.15) is 11.5 Å². The van der Waals surface area contributed by atoms with E-state index in [1.807, 2.05) is 23.1 Å². The second-order valence-corrected chi connectivity index (χ2v) is 14.0. The molecule has 0 saturated heterocycles. The number of aromatic nitrogens is 2. The number of halogens is 5. The summed E-state index contributed by atoms with van der Waals surface area (Å²) in [5, 5.41) is -0.361. The summed E-state index contributed by atoms with van der Waals surface area (Å²) in [6.45, 7) is 9.01. The maximum atomic E-state index is 14.5. The van der Waals surface area contributed by atoms with Gasteiger partial charge in [-0.1, -0.05) is 67.5 Å². The van der Waals surface area contributed by atoms with Crippen molar-refractivity contribution >= 4 is 44.7 Å². The van der Waals surface area contributed by atoms with Crippen LogP contribution in [-0.2, 0) is 29.2 Å². The first kappa shape index (κ1) is 41.5. The fourth-order valence-electron chi connectivity index (χ4n) is 4.17. The molecular formula is C31H38ClF4N5O6S2. The van der Waals surface area contributed by atoms with E-state index in [-0.39, 0.29) is 20.4 Å². The van der Waals surface area contributed by atoms with Crippen molar-refractivity contribution < 1.29 is 35.6 Å².